The van der Waals surface area contributed by atoms with Gasteiger partial charge in [-0.2, -0.15) is 0 Å². The van der Waals surface area contributed by atoms with Gasteiger partial charge in [0.25, 0.3) is 0 Å². The van der Waals surface area contributed by atoms with Gasteiger partial charge < -0.3 is 10.1 Å². The van der Waals surface area contributed by atoms with Gasteiger partial charge in [0.2, 0.25) is 0 Å². The lowest BCUT2D eigenvalue weighted by Crippen LogP contribution is -2.64. The van der Waals surface area contributed by atoms with E-state index in [9.17, 15) is 0 Å². The maximum absolute atomic E-state index is 6.29. The third-order valence-electron chi connectivity index (χ3n) is 5.53. The molecule has 2 fully saturated rings. The summed E-state index contributed by atoms with van der Waals surface area (Å²) in [5.41, 5.74) is 0.498. The topological polar surface area (TPSA) is 21.3 Å². The molecule has 0 aromatic rings. The number of ether oxygens (including phenoxy) is 1. The van der Waals surface area contributed by atoms with Gasteiger partial charge in [-0.3, -0.25) is 0 Å². The Hall–Kier alpha value is -0.0800. The Morgan fingerprint density at radius 3 is 2.50 bits per heavy atom. The number of unbranched alkanes of at least 4 members (excludes halogenated alkanes) is 3. The molecule has 0 bridgehead atoms. The molecular weight excluding hydrogens is 246 g/mol. The molecule has 20 heavy (non-hydrogen) atoms. The van der Waals surface area contributed by atoms with Crippen LogP contribution in [-0.4, -0.2) is 25.3 Å². The van der Waals surface area contributed by atoms with E-state index in [1.807, 2.05) is 0 Å². The second-order valence-corrected chi connectivity index (χ2v) is 6.96. The first-order valence-corrected chi connectivity index (χ1v) is 9.18. The van der Waals surface area contributed by atoms with Crippen molar-refractivity contribution in [2.24, 2.45) is 5.41 Å². The lowest BCUT2D eigenvalue weighted by atomic mass is 9.55. The normalized spacial score (nSPS) is 28.5. The first-order chi connectivity index (χ1) is 9.83. The molecule has 0 aromatic heterocycles. The van der Waals surface area contributed by atoms with E-state index in [2.05, 4.69) is 19.2 Å². The fourth-order valence-corrected chi connectivity index (χ4v) is 4.22. The van der Waals surface area contributed by atoms with Crippen LogP contribution in [0.2, 0.25) is 0 Å². The standard InChI is InChI=1S/C18H35NO/c1-3-5-6-10-14-20-17-15-16(19-13-4-2)18(17)11-8-7-9-12-18/h16-17,19H,3-15H2,1-2H3. The molecule has 2 atom stereocenters. The summed E-state index contributed by atoms with van der Waals surface area (Å²) in [7, 11) is 0. The Labute approximate surface area is 126 Å². The van der Waals surface area contributed by atoms with Gasteiger partial charge in [0, 0.05) is 18.1 Å². The zero-order valence-electron chi connectivity index (χ0n) is 13.8. The van der Waals surface area contributed by atoms with Crippen LogP contribution in [0.3, 0.4) is 0 Å². The van der Waals surface area contributed by atoms with Gasteiger partial charge in [0.05, 0.1) is 6.10 Å². The van der Waals surface area contributed by atoms with Gasteiger partial charge in [-0.05, 0) is 38.6 Å². The van der Waals surface area contributed by atoms with Crippen LogP contribution in [0.4, 0.5) is 0 Å². The summed E-state index contributed by atoms with van der Waals surface area (Å²) in [5, 5.41) is 3.79. The van der Waals surface area contributed by atoms with E-state index in [-0.39, 0.29) is 0 Å². The van der Waals surface area contributed by atoms with Crippen LogP contribution in [0.1, 0.15) is 84.5 Å². The van der Waals surface area contributed by atoms with E-state index < -0.39 is 0 Å². The van der Waals surface area contributed by atoms with Gasteiger partial charge in [-0.25, -0.2) is 0 Å². The van der Waals surface area contributed by atoms with Crippen molar-refractivity contribution in [2.45, 2.75) is 96.6 Å². The highest BCUT2D eigenvalue weighted by atomic mass is 16.5. The van der Waals surface area contributed by atoms with Crippen LogP contribution >= 0.6 is 0 Å². The molecule has 2 aliphatic carbocycles. The molecule has 2 rings (SSSR count). The quantitative estimate of drug-likeness (QED) is 0.620. The molecule has 2 unspecified atom stereocenters. The first kappa shape index (κ1) is 16.3. The Balaban J connectivity index is 1.77. The van der Waals surface area contributed by atoms with Crippen molar-refractivity contribution in [3.63, 3.8) is 0 Å². The zero-order valence-corrected chi connectivity index (χ0v) is 13.8. The van der Waals surface area contributed by atoms with E-state index in [1.54, 1.807) is 0 Å². The van der Waals surface area contributed by atoms with Crippen molar-refractivity contribution in [1.82, 2.24) is 5.32 Å². The predicted octanol–water partition coefficient (Wildman–Crippen LogP) is 4.67. The molecule has 2 saturated carbocycles. The summed E-state index contributed by atoms with van der Waals surface area (Å²) < 4.78 is 6.29. The summed E-state index contributed by atoms with van der Waals surface area (Å²) >= 11 is 0. The van der Waals surface area contributed by atoms with Crippen molar-refractivity contribution in [2.75, 3.05) is 13.2 Å². The van der Waals surface area contributed by atoms with E-state index in [0.717, 1.165) is 12.6 Å². The Morgan fingerprint density at radius 1 is 1.00 bits per heavy atom. The third kappa shape index (κ3) is 3.76. The molecule has 0 saturated heterocycles. The van der Waals surface area contributed by atoms with E-state index in [1.165, 1.54) is 77.2 Å². The van der Waals surface area contributed by atoms with Crippen LogP contribution in [0, 0.1) is 5.41 Å². The summed E-state index contributed by atoms with van der Waals surface area (Å²) in [4.78, 5) is 0. The highest BCUT2D eigenvalue weighted by molar-refractivity contribution is 5.08. The van der Waals surface area contributed by atoms with Crippen molar-refractivity contribution in [1.29, 1.82) is 0 Å². The molecule has 2 aliphatic rings. The first-order valence-electron chi connectivity index (χ1n) is 9.18. The second-order valence-electron chi connectivity index (χ2n) is 6.96. The maximum Gasteiger partial charge on any atom is 0.0661 e. The number of nitrogens with one attached hydrogen (secondary N) is 1. The Kier molecular flexibility index (Phi) is 6.83. The summed E-state index contributed by atoms with van der Waals surface area (Å²) in [5.74, 6) is 0. The summed E-state index contributed by atoms with van der Waals surface area (Å²) in [6, 6.07) is 0.739. The van der Waals surface area contributed by atoms with Gasteiger partial charge in [0.15, 0.2) is 0 Å². The fraction of sp³-hybridized carbons (Fsp3) is 1.00. The zero-order chi connectivity index (χ0) is 14.3. The Bertz CT molecular complexity index is 260. The minimum Gasteiger partial charge on any atom is -0.378 e. The van der Waals surface area contributed by atoms with Gasteiger partial charge >= 0.3 is 0 Å². The molecule has 2 heteroatoms. The van der Waals surface area contributed by atoms with Crippen molar-refractivity contribution >= 4 is 0 Å². The molecule has 118 valence electrons. The van der Waals surface area contributed by atoms with Crippen LogP contribution in [-0.2, 0) is 4.74 Å². The third-order valence-corrected chi connectivity index (χ3v) is 5.53. The van der Waals surface area contributed by atoms with Gasteiger partial charge in [0.1, 0.15) is 0 Å². The highest BCUT2D eigenvalue weighted by Crippen LogP contribution is 2.53. The van der Waals surface area contributed by atoms with E-state index in [4.69, 9.17) is 4.74 Å². The SMILES string of the molecule is CCCCCCOC1CC(NCCC)C12CCCCC2. The van der Waals surface area contributed by atoms with Crippen molar-refractivity contribution < 1.29 is 4.74 Å². The number of hydrogen-bond acceptors (Lipinski definition) is 2. The highest BCUT2D eigenvalue weighted by Gasteiger charge is 2.55. The second kappa shape index (κ2) is 8.38. The molecular formula is C18H35NO. The number of hydrogen-bond donors (Lipinski definition) is 1. The lowest BCUT2D eigenvalue weighted by molar-refractivity contribution is -0.153. The van der Waals surface area contributed by atoms with Gasteiger partial charge in [-0.15, -0.1) is 0 Å². The fourth-order valence-electron chi connectivity index (χ4n) is 4.22. The molecule has 1 spiro atoms. The molecule has 0 amide bonds. The maximum atomic E-state index is 6.29. The van der Waals surface area contributed by atoms with Gasteiger partial charge in [-0.1, -0.05) is 52.4 Å². The van der Waals surface area contributed by atoms with Crippen LogP contribution in [0.15, 0.2) is 0 Å². The monoisotopic (exact) mass is 281 g/mol. The van der Waals surface area contributed by atoms with E-state index >= 15 is 0 Å². The minimum absolute atomic E-state index is 0.498. The van der Waals surface area contributed by atoms with Crippen molar-refractivity contribution in [3.05, 3.63) is 0 Å². The molecule has 0 radical (unpaired) electrons. The molecule has 0 aliphatic heterocycles. The summed E-state index contributed by atoms with van der Waals surface area (Å²) in [6.45, 7) is 6.71. The largest absolute Gasteiger partial charge is 0.378 e. The molecule has 0 heterocycles. The van der Waals surface area contributed by atoms with Crippen LogP contribution in [0.5, 0.6) is 0 Å². The minimum atomic E-state index is 0.498. The number of rotatable bonds is 9. The average Bonchev–Trinajstić information content (AvgIpc) is 2.49. The molecule has 2 nitrogen and oxygen atoms in total. The van der Waals surface area contributed by atoms with Crippen molar-refractivity contribution in [3.8, 4) is 0 Å². The van der Waals surface area contributed by atoms with Crippen LogP contribution in [0.25, 0.3) is 0 Å². The van der Waals surface area contributed by atoms with Crippen LogP contribution < -0.4 is 5.32 Å². The Morgan fingerprint density at radius 2 is 1.80 bits per heavy atom. The summed E-state index contributed by atoms with van der Waals surface area (Å²) in [6.07, 6.45) is 15.4. The molecule has 1 N–H and O–H groups in total. The molecule has 0 aromatic carbocycles. The lowest BCUT2D eigenvalue weighted by Gasteiger charge is -2.58. The smallest absolute Gasteiger partial charge is 0.0661 e. The predicted molar refractivity (Wildman–Crippen MR) is 86.1 cm³/mol. The average molecular weight is 281 g/mol. The van der Waals surface area contributed by atoms with E-state index in [0.29, 0.717) is 11.5 Å².